The molecule has 2 N–H and O–H groups in total. The number of halogens is 2. The third-order valence-electron chi connectivity index (χ3n) is 3.31. The van der Waals surface area contributed by atoms with Crippen LogP contribution in [-0.2, 0) is 14.8 Å². The van der Waals surface area contributed by atoms with Crippen molar-refractivity contribution in [3.63, 3.8) is 0 Å². The van der Waals surface area contributed by atoms with Gasteiger partial charge in [0.2, 0.25) is 0 Å². The van der Waals surface area contributed by atoms with Gasteiger partial charge in [-0.05, 0) is 50.2 Å². The fraction of sp³-hybridized carbons (Fsp3) is 0.235. The smallest absolute Gasteiger partial charge is 0.275 e. The van der Waals surface area contributed by atoms with Gasteiger partial charge in [0.25, 0.3) is 15.9 Å². The van der Waals surface area contributed by atoms with Crippen LogP contribution in [0.25, 0.3) is 0 Å². The quantitative estimate of drug-likeness (QED) is 0.663. The van der Waals surface area contributed by atoms with Crippen molar-refractivity contribution < 1.29 is 31.5 Å². The molecule has 1 atom stereocenters. The second-order valence-corrected chi connectivity index (χ2v) is 6.98. The van der Waals surface area contributed by atoms with Gasteiger partial charge in [0, 0.05) is 6.07 Å². The number of amides is 1. The predicted molar refractivity (Wildman–Crippen MR) is 92.5 cm³/mol. The predicted octanol–water partition coefficient (Wildman–Crippen LogP) is 2.14. The highest BCUT2D eigenvalue weighted by Crippen LogP contribution is 2.19. The van der Waals surface area contributed by atoms with E-state index in [0.717, 1.165) is 12.1 Å². The summed E-state index contributed by atoms with van der Waals surface area (Å²) in [5.74, 6) is -2.01. The number of carbonyl (C=O) groups excluding carboxylic acids is 1. The van der Waals surface area contributed by atoms with Crippen molar-refractivity contribution in [2.75, 3.05) is 6.61 Å². The molecule has 0 bridgehead atoms. The van der Waals surface area contributed by atoms with E-state index >= 15 is 0 Å². The Labute approximate surface area is 155 Å². The van der Waals surface area contributed by atoms with Crippen molar-refractivity contribution in [1.82, 2.24) is 10.3 Å². The van der Waals surface area contributed by atoms with Gasteiger partial charge in [-0.2, -0.15) is 0 Å². The Morgan fingerprint density at radius 3 is 2.33 bits per heavy atom. The van der Waals surface area contributed by atoms with Crippen molar-refractivity contribution in [3.05, 3.63) is 54.1 Å². The largest absolute Gasteiger partial charge is 0.494 e. The van der Waals surface area contributed by atoms with Crippen LogP contribution in [0.15, 0.2) is 47.4 Å². The number of benzene rings is 2. The normalized spacial score (nSPS) is 12.3. The van der Waals surface area contributed by atoms with Gasteiger partial charge in [0.05, 0.1) is 6.61 Å². The third kappa shape index (κ3) is 5.63. The Morgan fingerprint density at radius 1 is 1.11 bits per heavy atom. The molecule has 7 nitrogen and oxygen atoms in total. The van der Waals surface area contributed by atoms with Crippen LogP contribution in [0, 0.1) is 11.6 Å². The highest BCUT2D eigenvalue weighted by molar-refractivity contribution is 7.89. The lowest BCUT2D eigenvalue weighted by atomic mass is 10.3. The van der Waals surface area contributed by atoms with E-state index in [-0.39, 0.29) is 0 Å². The van der Waals surface area contributed by atoms with Crippen molar-refractivity contribution in [1.29, 1.82) is 0 Å². The molecule has 10 heteroatoms. The topological polar surface area (TPSA) is 93.7 Å². The molecule has 2 aromatic carbocycles. The van der Waals surface area contributed by atoms with Gasteiger partial charge < -0.3 is 9.47 Å². The van der Waals surface area contributed by atoms with E-state index in [0.29, 0.717) is 24.2 Å². The summed E-state index contributed by atoms with van der Waals surface area (Å²) in [4.78, 5) is 12.9. The molecule has 2 rings (SSSR count). The van der Waals surface area contributed by atoms with Crippen LogP contribution in [0.5, 0.6) is 11.5 Å². The summed E-state index contributed by atoms with van der Waals surface area (Å²) in [6.07, 6.45) is -1.05. The highest BCUT2D eigenvalue weighted by Gasteiger charge is 2.22. The third-order valence-corrected chi connectivity index (χ3v) is 4.59. The molecule has 2 aromatic rings. The second kappa shape index (κ2) is 8.78. The minimum Gasteiger partial charge on any atom is -0.494 e. The number of carbonyl (C=O) groups is 1. The number of ether oxygens (including phenoxy) is 2. The van der Waals surface area contributed by atoms with Crippen molar-refractivity contribution >= 4 is 15.9 Å². The summed E-state index contributed by atoms with van der Waals surface area (Å²) in [6.45, 7) is 3.75. The fourth-order valence-electron chi connectivity index (χ4n) is 2.01. The van der Waals surface area contributed by atoms with Crippen LogP contribution in [0.3, 0.4) is 0 Å². The van der Waals surface area contributed by atoms with E-state index < -0.39 is 38.6 Å². The van der Waals surface area contributed by atoms with Gasteiger partial charge in [-0.3, -0.25) is 10.2 Å². The van der Waals surface area contributed by atoms with Crippen LogP contribution in [0.4, 0.5) is 8.78 Å². The van der Waals surface area contributed by atoms with Crippen LogP contribution < -0.4 is 19.7 Å². The molecule has 0 fully saturated rings. The second-order valence-electron chi connectivity index (χ2n) is 5.33. The summed E-state index contributed by atoms with van der Waals surface area (Å²) in [7, 11) is -4.42. The van der Waals surface area contributed by atoms with Gasteiger partial charge >= 0.3 is 0 Å². The standard InChI is InChI=1S/C17H18F2N2O5S/c1-3-25-13-5-7-14(8-6-13)26-11(2)17(22)20-21-27(23,24)16-9-4-12(18)10-15(16)19/h4-11,21H,3H2,1-2H3,(H,20,22). The Hall–Kier alpha value is -2.72. The maximum Gasteiger partial charge on any atom is 0.275 e. The minimum absolute atomic E-state index is 0.369. The van der Waals surface area contributed by atoms with Crippen LogP contribution >= 0.6 is 0 Å². The van der Waals surface area contributed by atoms with Gasteiger partial charge in [-0.1, -0.05) is 0 Å². The van der Waals surface area contributed by atoms with Gasteiger partial charge in [-0.25, -0.2) is 17.2 Å². The van der Waals surface area contributed by atoms with Crippen molar-refractivity contribution in [2.24, 2.45) is 0 Å². The Balaban J connectivity index is 1.95. The molecule has 0 heterocycles. The number of rotatable bonds is 8. The SMILES string of the molecule is CCOc1ccc(OC(C)C(=O)NNS(=O)(=O)c2ccc(F)cc2F)cc1. The molecule has 0 radical (unpaired) electrons. The molecular weight excluding hydrogens is 382 g/mol. The zero-order chi connectivity index (χ0) is 20.0. The summed E-state index contributed by atoms with van der Waals surface area (Å²) in [5.41, 5.74) is 1.93. The first-order chi connectivity index (χ1) is 12.7. The summed E-state index contributed by atoms with van der Waals surface area (Å²) in [5, 5.41) is 0. The zero-order valence-electron chi connectivity index (χ0n) is 14.5. The molecule has 0 saturated heterocycles. The Kier molecular flexibility index (Phi) is 6.70. The van der Waals surface area contributed by atoms with E-state index in [2.05, 4.69) is 0 Å². The molecule has 0 spiro atoms. The molecular formula is C17H18F2N2O5S. The lowest BCUT2D eigenvalue weighted by molar-refractivity contribution is -0.127. The number of hydrogen-bond donors (Lipinski definition) is 2. The van der Waals surface area contributed by atoms with Gasteiger partial charge in [0.1, 0.15) is 28.0 Å². The summed E-state index contributed by atoms with van der Waals surface area (Å²) in [6, 6.07) is 8.46. The first kappa shape index (κ1) is 20.6. The van der Waals surface area contributed by atoms with Gasteiger partial charge in [0.15, 0.2) is 6.10 Å². The number of hydrogen-bond acceptors (Lipinski definition) is 5. The first-order valence-electron chi connectivity index (χ1n) is 7.89. The number of hydrazine groups is 1. The summed E-state index contributed by atoms with van der Waals surface area (Å²) < 4.78 is 61.2. The Morgan fingerprint density at radius 2 is 1.74 bits per heavy atom. The van der Waals surface area contributed by atoms with Crippen molar-refractivity contribution in [2.45, 2.75) is 24.8 Å². The molecule has 27 heavy (non-hydrogen) atoms. The molecule has 0 aliphatic rings. The van der Waals surface area contributed by atoms with Crippen LogP contribution in [0.2, 0.25) is 0 Å². The lowest BCUT2D eigenvalue weighted by Crippen LogP contribution is -2.47. The maximum atomic E-state index is 13.6. The molecule has 1 amide bonds. The van der Waals surface area contributed by atoms with Crippen molar-refractivity contribution in [3.8, 4) is 11.5 Å². The molecule has 146 valence electrons. The average Bonchev–Trinajstić information content (AvgIpc) is 2.61. The maximum absolute atomic E-state index is 13.6. The highest BCUT2D eigenvalue weighted by atomic mass is 32.2. The average molecular weight is 400 g/mol. The molecule has 0 aromatic heterocycles. The number of sulfonamides is 1. The van der Waals surface area contributed by atoms with E-state index in [1.165, 1.54) is 6.92 Å². The Bertz CT molecular complexity index is 904. The fourth-order valence-corrected chi connectivity index (χ4v) is 2.91. The van der Waals surface area contributed by atoms with E-state index in [4.69, 9.17) is 9.47 Å². The van der Waals surface area contributed by atoms with Crippen LogP contribution in [-0.4, -0.2) is 27.0 Å². The van der Waals surface area contributed by atoms with Crippen LogP contribution in [0.1, 0.15) is 13.8 Å². The zero-order valence-corrected chi connectivity index (χ0v) is 15.3. The van der Waals surface area contributed by atoms with E-state index in [1.807, 2.05) is 12.3 Å². The lowest BCUT2D eigenvalue weighted by Gasteiger charge is -2.15. The molecule has 0 aliphatic carbocycles. The first-order valence-corrected chi connectivity index (χ1v) is 9.37. The van der Waals surface area contributed by atoms with Gasteiger partial charge in [-0.15, -0.1) is 4.83 Å². The summed E-state index contributed by atoms with van der Waals surface area (Å²) >= 11 is 0. The molecule has 0 aliphatic heterocycles. The van der Waals surface area contributed by atoms with E-state index in [1.54, 1.807) is 29.1 Å². The monoisotopic (exact) mass is 400 g/mol. The number of nitrogens with one attached hydrogen (secondary N) is 2. The molecule has 1 unspecified atom stereocenters. The minimum atomic E-state index is -4.42. The van der Waals surface area contributed by atoms with E-state index in [9.17, 15) is 22.0 Å². The molecule has 0 saturated carbocycles.